The number of aromatic nitrogens is 2. The van der Waals surface area contributed by atoms with Gasteiger partial charge in [-0.1, -0.05) is 12.1 Å². The maximum Gasteiger partial charge on any atom is 0.0991 e. The third-order valence-electron chi connectivity index (χ3n) is 3.37. The lowest BCUT2D eigenvalue weighted by atomic mass is 10.1. The maximum atomic E-state index is 4.07. The average molecular weight is 272 g/mol. The van der Waals surface area contributed by atoms with Gasteiger partial charge >= 0.3 is 0 Å². The van der Waals surface area contributed by atoms with Crippen molar-refractivity contribution in [3.8, 4) is 5.69 Å². The van der Waals surface area contributed by atoms with Gasteiger partial charge in [0.05, 0.1) is 6.33 Å². The van der Waals surface area contributed by atoms with Crippen LogP contribution in [0.5, 0.6) is 0 Å². The summed E-state index contributed by atoms with van der Waals surface area (Å²) in [7, 11) is 4.20. The number of nitrogens with zero attached hydrogens (tertiary/aromatic N) is 3. The van der Waals surface area contributed by atoms with Crippen LogP contribution in [-0.4, -0.2) is 41.1 Å². The van der Waals surface area contributed by atoms with E-state index >= 15 is 0 Å². The van der Waals surface area contributed by atoms with Crippen LogP contribution in [0, 0.1) is 0 Å². The maximum absolute atomic E-state index is 4.07. The molecule has 0 amide bonds. The van der Waals surface area contributed by atoms with Crippen molar-refractivity contribution < 1.29 is 0 Å². The molecule has 0 aliphatic heterocycles. The predicted molar refractivity (Wildman–Crippen MR) is 83.1 cm³/mol. The van der Waals surface area contributed by atoms with Gasteiger partial charge in [-0.05, 0) is 45.6 Å². The van der Waals surface area contributed by atoms with Crippen molar-refractivity contribution in [1.82, 2.24) is 19.8 Å². The molecule has 2 aromatic rings. The molecular formula is C16H24N4. The van der Waals surface area contributed by atoms with Crippen molar-refractivity contribution in [3.63, 3.8) is 0 Å². The Balaban J connectivity index is 1.99. The first kappa shape index (κ1) is 14.8. The molecule has 1 aromatic heterocycles. The molecule has 2 atom stereocenters. The molecule has 1 N–H and O–H groups in total. The second-order valence-corrected chi connectivity index (χ2v) is 5.61. The van der Waals surface area contributed by atoms with Gasteiger partial charge in [-0.25, -0.2) is 4.98 Å². The van der Waals surface area contributed by atoms with Crippen molar-refractivity contribution in [2.45, 2.75) is 25.9 Å². The predicted octanol–water partition coefficient (Wildman–Crippen LogP) is 2.47. The molecule has 0 aliphatic carbocycles. The first-order valence-corrected chi connectivity index (χ1v) is 7.05. The normalized spacial score (nSPS) is 14.4. The Kier molecular flexibility index (Phi) is 4.93. The van der Waals surface area contributed by atoms with E-state index in [0.717, 1.165) is 12.2 Å². The molecule has 0 saturated carbocycles. The number of benzene rings is 1. The minimum absolute atomic E-state index is 0.349. The molecule has 0 radical (unpaired) electrons. The molecule has 108 valence electrons. The summed E-state index contributed by atoms with van der Waals surface area (Å²) in [6, 6.07) is 9.43. The first-order chi connectivity index (χ1) is 9.56. The highest BCUT2D eigenvalue weighted by Crippen LogP contribution is 2.16. The van der Waals surface area contributed by atoms with E-state index in [2.05, 4.69) is 67.4 Å². The third kappa shape index (κ3) is 3.92. The van der Waals surface area contributed by atoms with Gasteiger partial charge in [0.2, 0.25) is 0 Å². The van der Waals surface area contributed by atoms with Crippen LogP contribution in [0.15, 0.2) is 43.0 Å². The minimum Gasteiger partial charge on any atom is -0.308 e. The zero-order valence-corrected chi connectivity index (χ0v) is 12.7. The Morgan fingerprint density at radius 2 is 1.90 bits per heavy atom. The number of likely N-dealkylation sites (N-methyl/N-ethyl adjacent to an activating group) is 1. The van der Waals surface area contributed by atoms with Crippen molar-refractivity contribution in [3.05, 3.63) is 48.5 Å². The van der Waals surface area contributed by atoms with E-state index in [0.29, 0.717) is 12.1 Å². The van der Waals surface area contributed by atoms with E-state index in [9.17, 15) is 0 Å². The zero-order valence-electron chi connectivity index (χ0n) is 12.7. The number of hydrogen-bond acceptors (Lipinski definition) is 3. The fourth-order valence-corrected chi connectivity index (χ4v) is 2.47. The third-order valence-corrected chi connectivity index (χ3v) is 3.37. The summed E-state index contributed by atoms with van der Waals surface area (Å²) in [6.07, 6.45) is 5.56. The largest absolute Gasteiger partial charge is 0.308 e. The summed E-state index contributed by atoms with van der Waals surface area (Å²) in [4.78, 5) is 6.27. The van der Waals surface area contributed by atoms with Crippen LogP contribution < -0.4 is 5.32 Å². The summed E-state index contributed by atoms with van der Waals surface area (Å²) in [5, 5.41) is 3.62. The van der Waals surface area contributed by atoms with Crippen molar-refractivity contribution in [2.75, 3.05) is 20.6 Å². The van der Waals surface area contributed by atoms with Crippen molar-refractivity contribution in [2.24, 2.45) is 0 Å². The molecule has 0 fully saturated rings. The molecule has 1 heterocycles. The van der Waals surface area contributed by atoms with Crippen LogP contribution in [0.2, 0.25) is 0 Å². The lowest BCUT2D eigenvalue weighted by Crippen LogP contribution is -2.37. The molecule has 20 heavy (non-hydrogen) atoms. The highest BCUT2D eigenvalue weighted by molar-refractivity contribution is 5.35. The first-order valence-electron chi connectivity index (χ1n) is 7.05. The van der Waals surface area contributed by atoms with Crippen LogP contribution in [0.3, 0.4) is 0 Å². The Morgan fingerprint density at radius 1 is 1.20 bits per heavy atom. The van der Waals surface area contributed by atoms with Gasteiger partial charge in [0.15, 0.2) is 0 Å². The molecule has 2 unspecified atom stereocenters. The average Bonchev–Trinajstić information content (AvgIpc) is 2.91. The van der Waals surface area contributed by atoms with Gasteiger partial charge in [-0.15, -0.1) is 0 Å². The number of rotatable bonds is 6. The fraction of sp³-hybridized carbons (Fsp3) is 0.438. The SMILES string of the molecule is CC(CN(C)C)NC(C)c1ccc(-n2ccnc2)cc1. The second kappa shape index (κ2) is 6.68. The standard InChI is InChI=1S/C16H24N4/c1-13(11-19(3)4)18-14(2)15-5-7-16(8-6-15)20-10-9-17-12-20/h5-10,12-14,18H,11H2,1-4H3. The van der Waals surface area contributed by atoms with Gasteiger partial charge in [0.25, 0.3) is 0 Å². The molecule has 4 heteroatoms. The molecule has 0 saturated heterocycles. The fourth-order valence-electron chi connectivity index (χ4n) is 2.47. The Hall–Kier alpha value is -1.65. The highest BCUT2D eigenvalue weighted by Gasteiger charge is 2.10. The number of nitrogens with one attached hydrogen (secondary N) is 1. The van der Waals surface area contributed by atoms with Gasteiger partial charge in [0, 0.05) is 36.7 Å². The van der Waals surface area contributed by atoms with Crippen molar-refractivity contribution >= 4 is 0 Å². The van der Waals surface area contributed by atoms with E-state index in [1.807, 2.05) is 17.1 Å². The molecule has 1 aromatic carbocycles. The molecule has 4 nitrogen and oxygen atoms in total. The monoisotopic (exact) mass is 272 g/mol. The van der Waals surface area contributed by atoms with Crippen LogP contribution in [0.1, 0.15) is 25.5 Å². The van der Waals surface area contributed by atoms with Crippen LogP contribution in [-0.2, 0) is 0 Å². The summed E-state index contributed by atoms with van der Waals surface area (Å²) in [5.74, 6) is 0. The minimum atomic E-state index is 0.349. The summed E-state index contributed by atoms with van der Waals surface area (Å²) in [5.41, 5.74) is 2.44. The highest BCUT2D eigenvalue weighted by atomic mass is 15.1. The summed E-state index contributed by atoms with van der Waals surface area (Å²) >= 11 is 0. The Morgan fingerprint density at radius 3 is 2.45 bits per heavy atom. The van der Waals surface area contributed by atoms with E-state index in [1.54, 1.807) is 6.20 Å². The topological polar surface area (TPSA) is 33.1 Å². The van der Waals surface area contributed by atoms with Gasteiger partial charge in [-0.2, -0.15) is 0 Å². The molecule has 0 bridgehead atoms. The summed E-state index contributed by atoms with van der Waals surface area (Å²) in [6.45, 7) is 5.46. The molecular weight excluding hydrogens is 248 g/mol. The smallest absolute Gasteiger partial charge is 0.0991 e. The van der Waals surface area contributed by atoms with Crippen LogP contribution in [0.25, 0.3) is 5.69 Å². The van der Waals surface area contributed by atoms with Crippen LogP contribution >= 0.6 is 0 Å². The van der Waals surface area contributed by atoms with Gasteiger partial charge < -0.3 is 14.8 Å². The molecule has 2 rings (SSSR count). The van der Waals surface area contributed by atoms with E-state index < -0.39 is 0 Å². The van der Waals surface area contributed by atoms with E-state index in [1.165, 1.54) is 5.56 Å². The van der Waals surface area contributed by atoms with Gasteiger partial charge in [0.1, 0.15) is 0 Å². The number of imidazole rings is 1. The van der Waals surface area contributed by atoms with E-state index in [-0.39, 0.29) is 0 Å². The van der Waals surface area contributed by atoms with Gasteiger partial charge in [-0.3, -0.25) is 0 Å². The lowest BCUT2D eigenvalue weighted by Gasteiger charge is -2.23. The van der Waals surface area contributed by atoms with Crippen LogP contribution in [0.4, 0.5) is 0 Å². The van der Waals surface area contributed by atoms with Crippen molar-refractivity contribution in [1.29, 1.82) is 0 Å². The quantitative estimate of drug-likeness (QED) is 0.877. The van der Waals surface area contributed by atoms with E-state index in [4.69, 9.17) is 0 Å². The number of hydrogen-bond donors (Lipinski definition) is 1. The molecule has 0 aliphatic rings. The Labute approximate surface area is 121 Å². The summed E-state index contributed by atoms with van der Waals surface area (Å²) < 4.78 is 2.01. The zero-order chi connectivity index (χ0) is 14.5. The molecule has 0 spiro atoms. The Bertz CT molecular complexity index is 502. The second-order valence-electron chi connectivity index (χ2n) is 5.61. The lowest BCUT2D eigenvalue weighted by molar-refractivity contribution is 0.334.